The van der Waals surface area contributed by atoms with Crippen LogP contribution in [0.25, 0.3) is 0 Å². The van der Waals surface area contributed by atoms with Crippen molar-refractivity contribution in [3.8, 4) is 0 Å². The van der Waals surface area contributed by atoms with Crippen LogP contribution in [0.4, 0.5) is 8.78 Å². The van der Waals surface area contributed by atoms with Gasteiger partial charge in [0.15, 0.2) is 0 Å². The third-order valence-corrected chi connectivity index (χ3v) is 7.79. The number of hydrogen-bond donors (Lipinski definition) is 0. The molecule has 0 unspecified atom stereocenters. The molecule has 2 aromatic carbocycles. The van der Waals surface area contributed by atoms with E-state index < -0.39 is 33.1 Å². The third-order valence-electron chi connectivity index (χ3n) is 6.21. The zero-order valence-electron chi connectivity index (χ0n) is 20.2. The van der Waals surface area contributed by atoms with Crippen molar-refractivity contribution in [2.45, 2.75) is 62.8 Å². The molecule has 0 saturated carbocycles. The second-order valence-electron chi connectivity index (χ2n) is 9.13. The molecule has 3 aromatic rings. The molecule has 36 heavy (non-hydrogen) atoms. The molecule has 2 heterocycles. The Morgan fingerprint density at radius 3 is 2.47 bits per heavy atom. The molecule has 1 fully saturated rings. The van der Waals surface area contributed by atoms with E-state index in [4.69, 9.17) is 4.74 Å². The highest BCUT2D eigenvalue weighted by Crippen LogP contribution is 2.24. The Hall–Kier alpha value is -3.11. The molecule has 0 N–H and O–H groups in total. The average molecular weight is 518 g/mol. The van der Waals surface area contributed by atoms with E-state index in [9.17, 15) is 22.0 Å². The highest BCUT2D eigenvalue weighted by Gasteiger charge is 2.30. The van der Waals surface area contributed by atoms with Gasteiger partial charge in [-0.25, -0.2) is 22.2 Å². The van der Waals surface area contributed by atoms with Gasteiger partial charge in [-0.15, -0.1) is 0 Å². The van der Waals surface area contributed by atoms with Crippen molar-refractivity contribution in [3.63, 3.8) is 0 Å². The summed E-state index contributed by atoms with van der Waals surface area (Å²) in [5, 5.41) is -0.210. The van der Waals surface area contributed by atoms with E-state index in [0.29, 0.717) is 12.3 Å². The number of aromatic nitrogens is 2. The van der Waals surface area contributed by atoms with E-state index in [0.717, 1.165) is 12.8 Å². The van der Waals surface area contributed by atoms with Crippen molar-refractivity contribution in [2.75, 3.05) is 6.61 Å². The lowest BCUT2D eigenvalue weighted by Crippen LogP contribution is -2.38. The number of hydrogen-bond acceptors (Lipinski definition) is 5. The summed E-state index contributed by atoms with van der Waals surface area (Å²) < 4.78 is 62.6. The van der Waals surface area contributed by atoms with E-state index >= 15 is 0 Å². The predicted octanol–water partition coefficient (Wildman–Crippen LogP) is 4.37. The standard InChI is InChI=1S/C26H29F2N3O4S/c1-18(2)30(25(32)22-10-4-6-12-24(22)28)15-20-14-29-26(31(20)16-21-9-7-13-35-21)36(33,34)17-19-8-3-5-11-23(19)27/h3-6,8,10-12,14,18,21H,7,9,13,15-17H2,1-2H3/t21-/m0/s1. The van der Waals surface area contributed by atoms with Gasteiger partial charge in [0.1, 0.15) is 11.6 Å². The summed E-state index contributed by atoms with van der Waals surface area (Å²) >= 11 is 0. The first-order valence-electron chi connectivity index (χ1n) is 11.8. The van der Waals surface area contributed by atoms with Crippen LogP contribution in [0.3, 0.4) is 0 Å². The number of rotatable bonds is 9. The van der Waals surface area contributed by atoms with E-state index in [-0.39, 0.29) is 41.5 Å². The lowest BCUT2D eigenvalue weighted by molar-refractivity contribution is 0.0673. The zero-order chi connectivity index (χ0) is 25.9. The number of nitrogens with zero attached hydrogens (tertiary/aromatic N) is 3. The molecule has 1 aliphatic rings. The topological polar surface area (TPSA) is 81.5 Å². The van der Waals surface area contributed by atoms with Crippen molar-refractivity contribution in [3.05, 3.63) is 83.2 Å². The van der Waals surface area contributed by atoms with Crippen molar-refractivity contribution in [2.24, 2.45) is 0 Å². The van der Waals surface area contributed by atoms with Gasteiger partial charge >= 0.3 is 0 Å². The molecule has 1 aliphatic heterocycles. The van der Waals surface area contributed by atoms with Crippen LogP contribution in [0, 0.1) is 11.6 Å². The summed E-state index contributed by atoms with van der Waals surface area (Å²) in [4.78, 5) is 18.9. The van der Waals surface area contributed by atoms with E-state index in [1.54, 1.807) is 26.0 Å². The minimum Gasteiger partial charge on any atom is -0.376 e. The van der Waals surface area contributed by atoms with Gasteiger partial charge in [-0.2, -0.15) is 0 Å². The van der Waals surface area contributed by atoms with Gasteiger partial charge in [-0.3, -0.25) is 4.79 Å². The molecule has 4 rings (SSSR count). The minimum atomic E-state index is -4.03. The van der Waals surface area contributed by atoms with Gasteiger partial charge in [0.2, 0.25) is 15.0 Å². The average Bonchev–Trinajstić information content (AvgIpc) is 3.49. The van der Waals surface area contributed by atoms with Crippen molar-refractivity contribution in [1.82, 2.24) is 14.5 Å². The first kappa shape index (κ1) is 26.0. The van der Waals surface area contributed by atoms with Crippen molar-refractivity contribution >= 4 is 15.7 Å². The molecule has 0 bridgehead atoms. The quantitative estimate of drug-likeness (QED) is 0.421. The smallest absolute Gasteiger partial charge is 0.257 e. The molecule has 1 aromatic heterocycles. The molecule has 1 atom stereocenters. The van der Waals surface area contributed by atoms with Gasteiger partial charge in [-0.05, 0) is 44.9 Å². The fraction of sp³-hybridized carbons (Fsp3) is 0.385. The van der Waals surface area contributed by atoms with E-state index in [1.165, 1.54) is 52.1 Å². The Morgan fingerprint density at radius 2 is 1.83 bits per heavy atom. The molecule has 1 amide bonds. The van der Waals surface area contributed by atoms with Crippen LogP contribution in [0.5, 0.6) is 0 Å². The number of ether oxygens (including phenoxy) is 1. The number of carbonyl (C=O) groups is 1. The predicted molar refractivity (Wildman–Crippen MR) is 130 cm³/mol. The molecular weight excluding hydrogens is 488 g/mol. The van der Waals surface area contributed by atoms with Crippen molar-refractivity contribution in [1.29, 1.82) is 0 Å². The number of sulfone groups is 1. The third kappa shape index (κ3) is 5.65. The SMILES string of the molecule is CC(C)N(Cc1cnc(S(=O)(=O)Cc2ccccc2F)n1C[C@@H]1CCCO1)C(=O)c1ccccc1F. The Bertz CT molecular complexity index is 1330. The maximum absolute atomic E-state index is 14.4. The molecule has 10 heteroatoms. The first-order valence-corrected chi connectivity index (χ1v) is 13.5. The van der Waals surface area contributed by atoms with Crippen LogP contribution < -0.4 is 0 Å². The number of amides is 1. The Kier molecular flexibility index (Phi) is 7.85. The summed E-state index contributed by atoms with van der Waals surface area (Å²) in [5.41, 5.74) is 0.448. The summed E-state index contributed by atoms with van der Waals surface area (Å²) in [6.07, 6.45) is 2.81. The van der Waals surface area contributed by atoms with Crippen LogP contribution in [-0.4, -0.2) is 47.5 Å². The van der Waals surface area contributed by atoms with Crippen molar-refractivity contribution < 1.29 is 26.7 Å². The maximum Gasteiger partial charge on any atom is 0.257 e. The highest BCUT2D eigenvalue weighted by molar-refractivity contribution is 7.90. The van der Waals surface area contributed by atoms with Crippen LogP contribution in [0.15, 0.2) is 59.9 Å². The number of benzene rings is 2. The molecule has 0 spiro atoms. The summed E-state index contributed by atoms with van der Waals surface area (Å²) in [6.45, 7) is 4.42. The number of halogens is 2. The van der Waals surface area contributed by atoms with Gasteiger partial charge in [0, 0.05) is 18.2 Å². The Morgan fingerprint density at radius 1 is 1.14 bits per heavy atom. The second-order valence-corrected chi connectivity index (χ2v) is 11.0. The van der Waals surface area contributed by atoms with Crippen LogP contribution in [-0.2, 0) is 33.4 Å². The molecular formula is C26H29F2N3O4S. The molecule has 0 radical (unpaired) electrons. The van der Waals surface area contributed by atoms with Crippen LogP contribution >= 0.6 is 0 Å². The molecule has 0 aliphatic carbocycles. The number of carbonyl (C=O) groups excluding carboxylic acids is 1. The van der Waals surface area contributed by atoms with E-state index in [1.807, 2.05) is 0 Å². The normalized spacial score (nSPS) is 16.0. The Labute approximate surface area is 209 Å². The summed E-state index contributed by atoms with van der Waals surface area (Å²) in [6, 6.07) is 11.1. The largest absolute Gasteiger partial charge is 0.376 e. The molecule has 192 valence electrons. The Balaban J connectivity index is 1.70. The second kappa shape index (κ2) is 10.9. The van der Waals surface area contributed by atoms with Gasteiger partial charge < -0.3 is 14.2 Å². The van der Waals surface area contributed by atoms with Gasteiger partial charge in [0.05, 0.1) is 42.4 Å². The molecule has 7 nitrogen and oxygen atoms in total. The van der Waals surface area contributed by atoms with Crippen LogP contribution in [0.2, 0.25) is 0 Å². The monoisotopic (exact) mass is 517 g/mol. The summed E-state index contributed by atoms with van der Waals surface area (Å²) in [7, 11) is -4.03. The lowest BCUT2D eigenvalue weighted by Gasteiger charge is -2.28. The van der Waals surface area contributed by atoms with Crippen LogP contribution in [0.1, 0.15) is 48.3 Å². The first-order chi connectivity index (χ1) is 17.2. The van der Waals surface area contributed by atoms with Gasteiger partial charge in [0.25, 0.3) is 5.91 Å². The highest BCUT2D eigenvalue weighted by atomic mass is 32.2. The molecule has 1 saturated heterocycles. The van der Waals surface area contributed by atoms with E-state index in [2.05, 4.69) is 4.98 Å². The van der Waals surface area contributed by atoms with Gasteiger partial charge in [-0.1, -0.05) is 30.3 Å². The summed E-state index contributed by atoms with van der Waals surface area (Å²) in [5.74, 6) is -2.30. The lowest BCUT2D eigenvalue weighted by atomic mass is 10.1. The fourth-order valence-corrected chi connectivity index (χ4v) is 5.80. The number of imidazole rings is 1. The fourth-order valence-electron chi connectivity index (χ4n) is 4.29. The minimum absolute atomic E-state index is 0.0137. The maximum atomic E-state index is 14.4. The zero-order valence-corrected chi connectivity index (χ0v) is 21.0.